The summed E-state index contributed by atoms with van der Waals surface area (Å²) < 4.78 is 2.08. The quantitative estimate of drug-likeness (QED) is 0.795. The molecule has 0 aromatic carbocycles. The maximum absolute atomic E-state index is 11.5. The first-order chi connectivity index (χ1) is 13.3. The number of nitrogens with one attached hydrogen (secondary N) is 1. The number of rotatable bonds is 5. The standard InChI is InChI=1S/C20H32N6O/c27-20-8-12-25(13-9-21-20)15-18-16-26(23-22-18)19-6-10-24(11-7-19)14-17-4-2-1-3-5-17/h1-2,16-17,19H,3-15H2,(H,21,27)/t17-/m1/s1. The number of nitrogens with zero attached hydrogens (tertiary/aromatic N) is 5. The highest BCUT2D eigenvalue weighted by Gasteiger charge is 2.24. The van der Waals surface area contributed by atoms with Gasteiger partial charge in [0.2, 0.25) is 5.91 Å². The van der Waals surface area contributed by atoms with Gasteiger partial charge in [-0.3, -0.25) is 9.69 Å². The number of carbonyl (C=O) groups excluding carboxylic acids is 1. The third-order valence-electron chi connectivity index (χ3n) is 6.17. The van der Waals surface area contributed by atoms with E-state index in [4.69, 9.17) is 0 Å². The molecular weight excluding hydrogens is 340 g/mol. The lowest BCUT2D eigenvalue weighted by molar-refractivity contribution is -0.120. The van der Waals surface area contributed by atoms with Crippen molar-refractivity contribution in [2.45, 2.75) is 51.1 Å². The summed E-state index contributed by atoms with van der Waals surface area (Å²) in [5, 5.41) is 11.7. The van der Waals surface area contributed by atoms with Crippen LogP contribution < -0.4 is 5.32 Å². The van der Waals surface area contributed by atoms with Crippen LogP contribution in [-0.4, -0.2) is 70.0 Å². The molecule has 1 aliphatic carbocycles. The van der Waals surface area contributed by atoms with Crippen molar-refractivity contribution >= 4 is 5.91 Å². The number of amides is 1. The number of aromatic nitrogens is 3. The van der Waals surface area contributed by atoms with Gasteiger partial charge in [-0.05, 0) is 38.0 Å². The molecule has 27 heavy (non-hydrogen) atoms. The Hall–Kier alpha value is -1.73. The molecule has 1 atom stereocenters. The molecule has 4 rings (SSSR count). The Labute approximate surface area is 161 Å². The highest BCUT2D eigenvalue weighted by molar-refractivity contribution is 5.76. The van der Waals surface area contributed by atoms with E-state index < -0.39 is 0 Å². The van der Waals surface area contributed by atoms with Crippen molar-refractivity contribution in [1.82, 2.24) is 30.1 Å². The predicted molar refractivity (Wildman–Crippen MR) is 104 cm³/mol. The fourth-order valence-corrected chi connectivity index (χ4v) is 4.52. The van der Waals surface area contributed by atoms with Crippen LogP contribution in [0.3, 0.4) is 0 Å². The van der Waals surface area contributed by atoms with Crippen LogP contribution in [0.2, 0.25) is 0 Å². The van der Waals surface area contributed by atoms with E-state index in [1.54, 1.807) is 0 Å². The molecule has 2 aliphatic heterocycles. The molecule has 2 saturated heterocycles. The molecule has 0 unspecified atom stereocenters. The fraction of sp³-hybridized carbons (Fsp3) is 0.750. The van der Waals surface area contributed by atoms with Crippen LogP contribution in [0.15, 0.2) is 18.3 Å². The summed E-state index contributed by atoms with van der Waals surface area (Å²) >= 11 is 0. The zero-order valence-electron chi connectivity index (χ0n) is 16.2. The van der Waals surface area contributed by atoms with Crippen molar-refractivity contribution in [2.75, 3.05) is 39.3 Å². The molecule has 1 N–H and O–H groups in total. The summed E-state index contributed by atoms with van der Waals surface area (Å²) in [4.78, 5) is 16.4. The second-order valence-corrected chi connectivity index (χ2v) is 8.25. The lowest BCUT2D eigenvalue weighted by Crippen LogP contribution is -2.38. The molecule has 148 valence electrons. The number of piperidine rings is 1. The Balaban J connectivity index is 1.24. The van der Waals surface area contributed by atoms with Gasteiger partial charge >= 0.3 is 0 Å². The third-order valence-corrected chi connectivity index (χ3v) is 6.17. The molecule has 7 nitrogen and oxygen atoms in total. The van der Waals surface area contributed by atoms with Crippen LogP contribution in [0, 0.1) is 5.92 Å². The van der Waals surface area contributed by atoms with E-state index in [2.05, 4.69) is 48.5 Å². The number of likely N-dealkylation sites (tertiary alicyclic amines) is 1. The summed E-state index contributed by atoms with van der Waals surface area (Å²) in [7, 11) is 0. The zero-order valence-corrected chi connectivity index (χ0v) is 16.2. The Kier molecular flexibility index (Phi) is 6.19. The second kappa shape index (κ2) is 8.97. The highest BCUT2D eigenvalue weighted by atomic mass is 16.1. The summed E-state index contributed by atoms with van der Waals surface area (Å²) in [5.41, 5.74) is 1.01. The average molecular weight is 373 g/mol. The van der Waals surface area contributed by atoms with Gasteiger partial charge in [0.25, 0.3) is 0 Å². The summed E-state index contributed by atoms with van der Waals surface area (Å²) in [6, 6.07) is 0.473. The maximum Gasteiger partial charge on any atom is 0.221 e. The fourth-order valence-electron chi connectivity index (χ4n) is 4.52. The highest BCUT2D eigenvalue weighted by Crippen LogP contribution is 2.25. The van der Waals surface area contributed by atoms with Gasteiger partial charge in [0.15, 0.2) is 0 Å². The molecule has 3 heterocycles. The van der Waals surface area contributed by atoms with E-state index in [9.17, 15) is 4.79 Å². The van der Waals surface area contributed by atoms with Crippen LogP contribution in [0.4, 0.5) is 0 Å². The smallest absolute Gasteiger partial charge is 0.221 e. The van der Waals surface area contributed by atoms with Crippen molar-refractivity contribution in [3.05, 3.63) is 24.0 Å². The Morgan fingerprint density at radius 2 is 1.96 bits per heavy atom. The first-order valence-corrected chi connectivity index (χ1v) is 10.5. The van der Waals surface area contributed by atoms with Gasteiger partial charge < -0.3 is 10.2 Å². The number of hydrogen-bond donors (Lipinski definition) is 1. The van der Waals surface area contributed by atoms with Crippen LogP contribution >= 0.6 is 0 Å². The first-order valence-electron chi connectivity index (χ1n) is 10.5. The van der Waals surface area contributed by atoms with Crippen molar-refractivity contribution in [2.24, 2.45) is 5.92 Å². The minimum Gasteiger partial charge on any atom is -0.355 e. The molecule has 1 amide bonds. The predicted octanol–water partition coefficient (Wildman–Crippen LogP) is 1.59. The second-order valence-electron chi connectivity index (χ2n) is 8.25. The SMILES string of the molecule is O=C1CCN(Cc2cn(C3CCN(C[C@@H]4CC=CCC4)CC3)nn2)CCN1. The lowest BCUT2D eigenvalue weighted by atomic mass is 9.93. The third kappa shape index (κ3) is 5.17. The van der Waals surface area contributed by atoms with Crippen LogP contribution in [0.25, 0.3) is 0 Å². The molecule has 7 heteroatoms. The van der Waals surface area contributed by atoms with Gasteiger partial charge in [-0.25, -0.2) is 4.68 Å². The molecule has 2 fully saturated rings. The Morgan fingerprint density at radius 1 is 1.07 bits per heavy atom. The van der Waals surface area contributed by atoms with Crippen molar-refractivity contribution in [1.29, 1.82) is 0 Å². The molecule has 1 aromatic heterocycles. The molecular formula is C20H32N6O. The molecule has 0 bridgehead atoms. The van der Waals surface area contributed by atoms with Crippen molar-refractivity contribution in [3.8, 4) is 0 Å². The minimum absolute atomic E-state index is 0.150. The van der Waals surface area contributed by atoms with E-state index in [1.807, 2.05) is 0 Å². The minimum atomic E-state index is 0.150. The van der Waals surface area contributed by atoms with Crippen molar-refractivity contribution in [3.63, 3.8) is 0 Å². The topological polar surface area (TPSA) is 66.3 Å². The Morgan fingerprint density at radius 3 is 2.78 bits per heavy atom. The number of carbonyl (C=O) groups is 1. The zero-order chi connectivity index (χ0) is 18.5. The van der Waals surface area contributed by atoms with Crippen LogP contribution in [-0.2, 0) is 11.3 Å². The molecule has 0 spiro atoms. The van der Waals surface area contributed by atoms with Crippen LogP contribution in [0.5, 0.6) is 0 Å². The van der Waals surface area contributed by atoms with E-state index in [-0.39, 0.29) is 5.91 Å². The number of allylic oxidation sites excluding steroid dienone is 2. The van der Waals surface area contributed by atoms with Gasteiger partial charge in [0.05, 0.1) is 17.9 Å². The molecule has 3 aliphatic rings. The van der Waals surface area contributed by atoms with E-state index >= 15 is 0 Å². The lowest BCUT2D eigenvalue weighted by Gasteiger charge is -2.34. The van der Waals surface area contributed by atoms with Gasteiger partial charge in [-0.1, -0.05) is 17.4 Å². The normalized spacial score (nSPS) is 26.1. The average Bonchev–Trinajstić information content (AvgIpc) is 3.06. The van der Waals surface area contributed by atoms with E-state index in [1.165, 1.54) is 38.9 Å². The van der Waals surface area contributed by atoms with Crippen molar-refractivity contribution < 1.29 is 4.79 Å². The monoisotopic (exact) mass is 372 g/mol. The summed E-state index contributed by atoms with van der Waals surface area (Å²) in [6.45, 7) is 6.77. The van der Waals surface area contributed by atoms with E-state index in [0.717, 1.165) is 50.6 Å². The summed E-state index contributed by atoms with van der Waals surface area (Å²) in [5.74, 6) is 0.997. The Bertz CT molecular complexity index is 649. The first kappa shape index (κ1) is 18.6. The van der Waals surface area contributed by atoms with Gasteiger partial charge in [-0.15, -0.1) is 5.10 Å². The number of hydrogen-bond acceptors (Lipinski definition) is 5. The summed E-state index contributed by atoms with van der Waals surface area (Å²) in [6.07, 6.45) is 13.5. The van der Waals surface area contributed by atoms with Gasteiger partial charge in [0, 0.05) is 52.2 Å². The maximum atomic E-state index is 11.5. The van der Waals surface area contributed by atoms with Gasteiger partial charge in [-0.2, -0.15) is 0 Å². The molecule has 0 saturated carbocycles. The van der Waals surface area contributed by atoms with Gasteiger partial charge in [0.1, 0.15) is 0 Å². The largest absolute Gasteiger partial charge is 0.355 e. The van der Waals surface area contributed by atoms with E-state index in [0.29, 0.717) is 12.5 Å². The molecule has 0 radical (unpaired) electrons. The molecule has 1 aromatic rings. The van der Waals surface area contributed by atoms with Crippen LogP contribution in [0.1, 0.15) is 50.3 Å².